The summed E-state index contributed by atoms with van der Waals surface area (Å²) in [6.45, 7) is 3.22. The van der Waals surface area contributed by atoms with Gasteiger partial charge in [-0.25, -0.2) is 0 Å². The van der Waals surface area contributed by atoms with E-state index in [1.807, 2.05) is 61.5 Å². The van der Waals surface area contributed by atoms with Gasteiger partial charge in [0, 0.05) is 23.0 Å². The van der Waals surface area contributed by atoms with Gasteiger partial charge in [0.1, 0.15) is 5.75 Å². The number of ether oxygens (including phenoxy) is 2. The van der Waals surface area contributed by atoms with Crippen molar-refractivity contribution in [3.63, 3.8) is 0 Å². The van der Waals surface area contributed by atoms with Crippen molar-refractivity contribution in [2.45, 2.75) is 26.4 Å². The lowest BCUT2D eigenvalue weighted by Crippen LogP contribution is -2.37. The molecule has 6 nitrogen and oxygen atoms in total. The lowest BCUT2D eigenvalue weighted by molar-refractivity contribution is -0.123. The molecule has 2 amide bonds. The van der Waals surface area contributed by atoms with Gasteiger partial charge in [-0.2, -0.15) is 0 Å². The number of carbonyl (C=O) groups is 2. The second-order valence-electron chi connectivity index (χ2n) is 8.42. The van der Waals surface area contributed by atoms with Gasteiger partial charge in [-0.05, 0) is 60.4 Å². The van der Waals surface area contributed by atoms with Gasteiger partial charge in [0.25, 0.3) is 11.8 Å². The third-order valence-corrected chi connectivity index (χ3v) is 5.67. The summed E-state index contributed by atoms with van der Waals surface area (Å²) in [6.07, 6.45) is 5.82. The van der Waals surface area contributed by atoms with Crippen molar-refractivity contribution < 1.29 is 19.1 Å². The van der Waals surface area contributed by atoms with E-state index in [9.17, 15) is 9.59 Å². The SMILES string of the molecule is Cc1cccc(NC(=O)c2ccc(OCC(=O)NCCOCc3ccccc3)c3c2=CCCC=3)c1. The second kappa shape index (κ2) is 12.0. The molecule has 2 N–H and O–H groups in total. The number of nitrogens with one attached hydrogen (secondary N) is 2. The minimum absolute atomic E-state index is 0.103. The average Bonchev–Trinajstić information content (AvgIpc) is 2.87. The number of hydrogen-bond donors (Lipinski definition) is 2. The Labute approximate surface area is 205 Å². The molecule has 0 aromatic heterocycles. The highest BCUT2D eigenvalue weighted by Crippen LogP contribution is 2.12. The fraction of sp³-hybridized carbons (Fsp3) is 0.241. The predicted molar refractivity (Wildman–Crippen MR) is 138 cm³/mol. The number of benzene rings is 3. The highest BCUT2D eigenvalue weighted by atomic mass is 16.5. The molecule has 6 heteroatoms. The van der Waals surface area contributed by atoms with Crippen LogP contribution in [0.2, 0.25) is 0 Å². The Morgan fingerprint density at radius 2 is 1.71 bits per heavy atom. The van der Waals surface area contributed by atoms with Crippen LogP contribution in [0.1, 0.15) is 34.3 Å². The van der Waals surface area contributed by atoms with Gasteiger partial charge in [0.15, 0.2) is 6.61 Å². The fourth-order valence-electron chi connectivity index (χ4n) is 3.97. The van der Waals surface area contributed by atoms with Crippen molar-refractivity contribution in [3.8, 4) is 5.75 Å². The first-order valence-electron chi connectivity index (χ1n) is 11.8. The molecule has 0 unspecified atom stereocenters. The molecule has 180 valence electrons. The predicted octanol–water partition coefficient (Wildman–Crippen LogP) is 3.31. The molecule has 0 bridgehead atoms. The maximum absolute atomic E-state index is 13.0. The van der Waals surface area contributed by atoms with Crippen molar-refractivity contribution in [1.82, 2.24) is 5.32 Å². The van der Waals surface area contributed by atoms with Crippen LogP contribution in [0.25, 0.3) is 12.2 Å². The molecule has 0 heterocycles. The summed E-state index contributed by atoms with van der Waals surface area (Å²) < 4.78 is 11.4. The topological polar surface area (TPSA) is 76.7 Å². The van der Waals surface area contributed by atoms with Gasteiger partial charge in [-0.3, -0.25) is 9.59 Å². The molecular weight excluding hydrogens is 440 g/mol. The van der Waals surface area contributed by atoms with Gasteiger partial charge in [0.05, 0.1) is 13.2 Å². The van der Waals surface area contributed by atoms with E-state index in [1.165, 1.54) is 0 Å². The van der Waals surface area contributed by atoms with E-state index in [1.54, 1.807) is 12.1 Å². The van der Waals surface area contributed by atoms with E-state index in [2.05, 4.69) is 22.8 Å². The van der Waals surface area contributed by atoms with Crippen LogP contribution >= 0.6 is 0 Å². The summed E-state index contributed by atoms with van der Waals surface area (Å²) in [4.78, 5) is 25.2. The van der Waals surface area contributed by atoms with Crippen molar-refractivity contribution in [2.24, 2.45) is 0 Å². The van der Waals surface area contributed by atoms with Crippen LogP contribution in [0.4, 0.5) is 5.69 Å². The smallest absolute Gasteiger partial charge is 0.258 e. The van der Waals surface area contributed by atoms with Gasteiger partial charge in [-0.15, -0.1) is 0 Å². The largest absolute Gasteiger partial charge is 0.483 e. The lowest BCUT2D eigenvalue weighted by atomic mass is 10.0. The maximum Gasteiger partial charge on any atom is 0.258 e. The zero-order valence-electron chi connectivity index (χ0n) is 19.9. The Morgan fingerprint density at radius 3 is 2.51 bits per heavy atom. The number of carbonyl (C=O) groups excluding carboxylic acids is 2. The van der Waals surface area contributed by atoms with E-state index < -0.39 is 0 Å². The van der Waals surface area contributed by atoms with Crippen molar-refractivity contribution in [3.05, 3.63) is 93.9 Å². The highest BCUT2D eigenvalue weighted by molar-refractivity contribution is 6.04. The molecule has 3 aromatic carbocycles. The Morgan fingerprint density at radius 1 is 0.914 bits per heavy atom. The van der Waals surface area contributed by atoms with Gasteiger partial charge < -0.3 is 20.1 Å². The number of hydrogen-bond acceptors (Lipinski definition) is 4. The average molecular weight is 471 g/mol. The molecule has 0 saturated carbocycles. The van der Waals surface area contributed by atoms with Crippen LogP contribution in [0.5, 0.6) is 5.75 Å². The van der Waals surface area contributed by atoms with E-state index in [0.29, 0.717) is 31.1 Å². The molecule has 0 radical (unpaired) electrons. The third kappa shape index (κ3) is 6.80. The summed E-state index contributed by atoms with van der Waals surface area (Å²) in [5, 5.41) is 7.48. The Bertz CT molecular complexity index is 1300. The summed E-state index contributed by atoms with van der Waals surface area (Å²) in [5.74, 6) is 0.208. The molecule has 0 aliphatic heterocycles. The number of aryl methyl sites for hydroxylation is 1. The molecule has 0 spiro atoms. The molecule has 0 atom stereocenters. The molecule has 3 aromatic rings. The summed E-state index contributed by atoms with van der Waals surface area (Å²) in [7, 11) is 0. The Balaban J connectivity index is 1.32. The normalized spacial score (nSPS) is 12.0. The monoisotopic (exact) mass is 470 g/mol. The lowest BCUT2D eigenvalue weighted by Gasteiger charge is -2.13. The number of fused-ring (bicyclic) bond motifs is 1. The molecule has 4 rings (SSSR count). The van der Waals surface area contributed by atoms with Gasteiger partial charge in [-0.1, -0.05) is 54.6 Å². The molecule has 35 heavy (non-hydrogen) atoms. The highest BCUT2D eigenvalue weighted by Gasteiger charge is 2.14. The van der Waals surface area contributed by atoms with Crippen LogP contribution in [0.15, 0.2) is 66.7 Å². The van der Waals surface area contributed by atoms with Crippen molar-refractivity contribution in [1.29, 1.82) is 0 Å². The van der Waals surface area contributed by atoms with Crippen LogP contribution in [0, 0.1) is 6.92 Å². The molecule has 0 saturated heterocycles. The van der Waals surface area contributed by atoms with Crippen LogP contribution in [-0.4, -0.2) is 31.6 Å². The first kappa shape index (κ1) is 24.2. The third-order valence-electron chi connectivity index (χ3n) is 5.67. The standard InChI is InChI=1S/C29H30N2O4/c1-21-8-7-11-23(18-21)31-29(33)26-14-15-27(25-13-6-5-12-24(25)26)35-20-28(32)30-16-17-34-19-22-9-3-2-4-10-22/h2-4,7-15,18H,5-6,16-17,19-20H2,1H3,(H,30,32)(H,31,33). The first-order valence-corrected chi connectivity index (χ1v) is 11.8. The first-order chi connectivity index (χ1) is 17.1. The summed E-state index contributed by atoms with van der Waals surface area (Å²) in [5.41, 5.74) is 3.52. The number of anilines is 1. The fourth-order valence-corrected chi connectivity index (χ4v) is 3.97. The summed E-state index contributed by atoms with van der Waals surface area (Å²) in [6, 6.07) is 21.1. The van der Waals surface area contributed by atoms with Gasteiger partial charge in [0.2, 0.25) is 0 Å². The van der Waals surface area contributed by atoms with Crippen LogP contribution < -0.4 is 25.8 Å². The van der Waals surface area contributed by atoms with Crippen LogP contribution in [-0.2, 0) is 16.1 Å². The minimum atomic E-state index is -0.219. The zero-order chi connectivity index (χ0) is 24.5. The molecule has 1 aliphatic rings. The van der Waals surface area contributed by atoms with E-state index >= 15 is 0 Å². The summed E-state index contributed by atoms with van der Waals surface area (Å²) >= 11 is 0. The second-order valence-corrected chi connectivity index (χ2v) is 8.42. The Hall–Kier alpha value is -3.90. The molecular formula is C29H30N2O4. The maximum atomic E-state index is 13.0. The van der Waals surface area contributed by atoms with Crippen LogP contribution in [0.3, 0.4) is 0 Å². The Kier molecular flexibility index (Phi) is 8.30. The van der Waals surface area contributed by atoms with E-state index in [0.717, 1.165) is 40.1 Å². The molecule has 1 aliphatic carbocycles. The van der Waals surface area contributed by atoms with Gasteiger partial charge >= 0.3 is 0 Å². The zero-order valence-corrected chi connectivity index (χ0v) is 19.9. The quantitative estimate of drug-likeness (QED) is 0.446. The number of rotatable bonds is 10. The molecule has 0 fully saturated rings. The van der Waals surface area contributed by atoms with E-state index in [4.69, 9.17) is 9.47 Å². The van der Waals surface area contributed by atoms with Crippen molar-refractivity contribution >= 4 is 29.7 Å². The van der Waals surface area contributed by atoms with E-state index in [-0.39, 0.29) is 18.4 Å². The number of amides is 2. The van der Waals surface area contributed by atoms with Crippen molar-refractivity contribution in [2.75, 3.05) is 25.1 Å². The minimum Gasteiger partial charge on any atom is -0.483 e.